The zero-order chi connectivity index (χ0) is 17.6. The van der Waals surface area contributed by atoms with Crippen molar-refractivity contribution in [3.8, 4) is 5.82 Å². The van der Waals surface area contributed by atoms with Crippen molar-refractivity contribution in [2.24, 2.45) is 5.92 Å². The van der Waals surface area contributed by atoms with Crippen molar-refractivity contribution in [1.82, 2.24) is 19.7 Å². The SMILES string of the molecule is Cc1cc(C)n(-c2ccc(NC(=O)C3CC(=O)N(C4CC4)C3)cn2)n1. The van der Waals surface area contributed by atoms with Crippen molar-refractivity contribution in [1.29, 1.82) is 0 Å². The molecule has 0 spiro atoms. The van der Waals surface area contributed by atoms with Gasteiger partial charge in [0.2, 0.25) is 11.8 Å². The first kappa shape index (κ1) is 15.8. The van der Waals surface area contributed by atoms with Gasteiger partial charge in [-0.2, -0.15) is 5.10 Å². The minimum atomic E-state index is -0.274. The standard InChI is InChI=1S/C18H21N5O2/c1-11-7-12(2)23(21-11)16-6-3-14(9-19-16)20-18(25)13-8-17(24)22(10-13)15-4-5-15/h3,6-7,9,13,15H,4-5,8,10H2,1-2H3,(H,20,25). The van der Waals surface area contributed by atoms with Crippen LogP contribution in [0.4, 0.5) is 5.69 Å². The Morgan fingerprint density at radius 3 is 2.68 bits per heavy atom. The maximum atomic E-state index is 12.4. The highest BCUT2D eigenvalue weighted by Gasteiger charge is 2.41. The van der Waals surface area contributed by atoms with Gasteiger partial charge in [0, 0.05) is 24.7 Å². The molecule has 1 saturated carbocycles. The molecule has 0 aromatic carbocycles. The third kappa shape index (κ3) is 3.14. The van der Waals surface area contributed by atoms with E-state index >= 15 is 0 Å². The van der Waals surface area contributed by atoms with Crippen LogP contribution in [-0.2, 0) is 9.59 Å². The molecule has 2 aliphatic rings. The fourth-order valence-electron chi connectivity index (χ4n) is 3.34. The van der Waals surface area contributed by atoms with E-state index in [9.17, 15) is 9.59 Å². The number of rotatable bonds is 4. The smallest absolute Gasteiger partial charge is 0.229 e. The Morgan fingerprint density at radius 1 is 1.28 bits per heavy atom. The molecule has 4 rings (SSSR count). The zero-order valence-corrected chi connectivity index (χ0v) is 14.4. The summed E-state index contributed by atoms with van der Waals surface area (Å²) in [5.74, 6) is 0.418. The molecule has 2 aromatic heterocycles. The Hall–Kier alpha value is -2.70. The summed E-state index contributed by atoms with van der Waals surface area (Å²) in [4.78, 5) is 30.6. The average Bonchev–Trinajstić information content (AvgIpc) is 3.26. The number of hydrogen-bond acceptors (Lipinski definition) is 4. The van der Waals surface area contributed by atoms with E-state index in [1.807, 2.05) is 36.9 Å². The average molecular weight is 339 g/mol. The first-order valence-corrected chi connectivity index (χ1v) is 8.61. The number of carbonyl (C=O) groups is 2. The summed E-state index contributed by atoms with van der Waals surface area (Å²) in [6, 6.07) is 5.99. The molecule has 1 unspecified atom stereocenters. The van der Waals surface area contributed by atoms with E-state index in [1.165, 1.54) is 0 Å². The van der Waals surface area contributed by atoms with Crippen LogP contribution in [0, 0.1) is 19.8 Å². The second-order valence-corrected chi connectivity index (χ2v) is 6.91. The van der Waals surface area contributed by atoms with Crippen molar-refractivity contribution in [3.05, 3.63) is 35.8 Å². The minimum Gasteiger partial charge on any atom is -0.339 e. The maximum Gasteiger partial charge on any atom is 0.229 e. The van der Waals surface area contributed by atoms with Gasteiger partial charge < -0.3 is 10.2 Å². The molecule has 0 bridgehead atoms. The van der Waals surface area contributed by atoms with Gasteiger partial charge in [-0.15, -0.1) is 0 Å². The lowest BCUT2D eigenvalue weighted by atomic mass is 10.1. The molecule has 1 atom stereocenters. The van der Waals surface area contributed by atoms with Crippen LogP contribution in [0.2, 0.25) is 0 Å². The van der Waals surface area contributed by atoms with Crippen LogP contribution in [0.1, 0.15) is 30.7 Å². The van der Waals surface area contributed by atoms with Crippen LogP contribution in [-0.4, -0.2) is 44.1 Å². The molecule has 25 heavy (non-hydrogen) atoms. The predicted octanol–water partition coefficient (Wildman–Crippen LogP) is 1.83. The number of hydrogen-bond donors (Lipinski definition) is 1. The fourth-order valence-corrected chi connectivity index (χ4v) is 3.34. The van der Waals surface area contributed by atoms with Crippen LogP contribution in [0.15, 0.2) is 24.4 Å². The van der Waals surface area contributed by atoms with E-state index in [0.717, 1.165) is 24.2 Å². The monoisotopic (exact) mass is 339 g/mol. The number of aromatic nitrogens is 3. The molecule has 3 heterocycles. The van der Waals surface area contributed by atoms with Gasteiger partial charge >= 0.3 is 0 Å². The van der Waals surface area contributed by atoms with Gasteiger partial charge in [0.25, 0.3) is 0 Å². The number of pyridine rings is 1. The van der Waals surface area contributed by atoms with Gasteiger partial charge in [-0.3, -0.25) is 9.59 Å². The van der Waals surface area contributed by atoms with Crippen molar-refractivity contribution >= 4 is 17.5 Å². The summed E-state index contributed by atoms with van der Waals surface area (Å²) in [5.41, 5.74) is 2.57. The molecule has 2 aromatic rings. The lowest BCUT2D eigenvalue weighted by molar-refractivity contribution is -0.128. The molecular weight excluding hydrogens is 318 g/mol. The van der Waals surface area contributed by atoms with Crippen molar-refractivity contribution in [2.45, 2.75) is 39.2 Å². The summed E-state index contributed by atoms with van der Waals surface area (Å²) in [5, 5.41) is 7.27. The lowest BCUT2D eigenvalue weighted by Gasteiger charge is -2.15. The van der Waals surface area contributed by atoms with E-state index in [1.54, 1.807) is 10.9 Å². The Balaban J connectivity index is 1.42. The summed E-state index contributed by atoms with van der Waals surface area (Å²) >= 11 is 0. The van der Waals surface area contributed by atoms with Gasteiger partial charge in [-0.1, -0.05) is 0 Å². The number of aryl methyl sites for hydroxylation is 2. The van der Waals surface area contributed by atoms with Crippen LogP contribution in [0.25, 0.3) is 5.82 Å². The molecule has 7 nitrogen and oxygen atoms in total. The molecule has 1 aliphatic heterocycles. The largest absolute Gasteiger partial charge is 0.339 e. The normalized spacial score (nSPS) is 20.2. The van der Waals surface area contributed by atoms with Crippen molar-refractivity contribution in [2.75, 3.05) is 11.9 Å². The van der Waals surface area contributed by atoms with Crippen LogP contribution in [0.3, 0.4) is 0 Å². The molecule has 1 aliphatic carbocycles. The van der Waals surface area contributed by atoms with Gasteiger partial charge in [-0.25, -0.2) is 9.67 Å². The molecule has 7 heteroatoms. The Bertz CT molecular complexity index is 822. The number of amides is 2. The number of carbonyl (C=O) groups excluding carboxylic acids is 2. The van der Waals surface area contributed by atoms with Gasteiger partial charge in [0.15, 0.2) is 5.82 Å². The van der Waals surface area contributed by atoms with E-state index in [-0.39, 0.29) is 17.7 Å². The molecule has 0 radical (unpaired) electrons. The Morgan fingerprint density at radius 2 is 2.08 bits per heavy atom. The van der Waals surface area contributed by atoms with Crippen LogP contribution >= 0.6 is 0 Å². The summed E-state index contributed by atoms with van der Waals surface area (Å²) in [7, 11) is 0. The molecule has 1 N–H and O–H groups in total. The zero-order valence-electron chi connectivity index (χ0n) is 14.4. The number of nitrogens with one attached hydrogen (secondary N) is 1. The fraction of sp³-hybridized carbons (Fsp3) is 0.444. The third-order valence-corrected chi connectivity index (χ3v) is 4.76. The summed E-state index contributed by atoms with van der Waals surface area (Å²) < 4.78 is 1.77. The van der Waals surface area contributed by atoms with E-state index < -0.39 is 0 Å². The Kier molecular flexibility index (Phi) is 3.78. The molecule has 1 saturated heterocycles. The second kappa shape index (κ2) is 5.98. The minimum absolute atomic E-state index is 0.0978. The van der Waals surface area contributed by atoms with Crippen LogP contribution in [0.5, 0.6) is 0 Å². The molecular formula is C18H21N5O2. The highest BCUT2D eigenvalue weighted by Crippen LogP contribution is 2.32. The lowest BCUT2D eigenvalue weighted by Crippen LogP contribution is -2.29. The second-order valence-electron chi connectivity index (χ2n) is 6.91. The highest BCUT2D eigenvalue weighted by atomic mass is 16.2. The number of anilines is 1. The van der Waals surface area contributed by atoms with Crippen LogP contribution < -0.4 is 5.32 Å². The van der Waals surface area contributed by atoms with Crippen molar-refractivity contribution in [3.63, 3.8) is 0 Å². The molecule has 2 fully saturated rings. The quantitative estimate of drug-likeness (QED) is 0.922. The Labute approximate surface area is 146 Å². The number of nitrogens with zero attached hydrogens (tertiary/aromatic N) is 4. The first-order chi connectivity index (χ1) is 12.0. The van der Waals surface area contributed by atoms with E-state index in [0.29, 0.717) is 30.5 Å². The van der Waals surface area contributed by atoms with Crippen molar-refractivity contribution < 1.29 is 9.59 Å². The third-order valence-electron chi connectivity index (χ3n) is 4.76. The topological polar surface area (TPSA) is 80.1 Å². The van der Waals surface area contributed by atoms with Gasteiger partial charge in [0.05, 0.1) is 23.5 Å². The first-order valence-electron chi connectivity index (χ1n) is 8.61. The summed E-state index contributed by atoms with van der Waals surface area (Å²) in [6.45, 7) is 4.44. The molecule has 130 valence electrons. The maximum absolute atomic E-state index is 12.4. The van der Waals surface area contributed by atoms with Gasteiger partial charge in [-0.05, 0) is 44.9 Å². The van der Waals surface area contributed by atoms with Gasteiger partial charge in [0.1, 0.15) is 0 Å². The van der Waals surface area contributed by atoms with E-state index in [4.69, 9.17) is 0 Å². The van der Waals surface area contributed by atoms with E-state index in [2.05, 4.69) is 15.4 Å². The summed E-state index contributed by atoms with van der Waals surface area (Å²) in [6.07, 6.45) is 4.06. The number of likely N-dealkylation sites (tertiary alicyclic amines) is 1. The predicted molar refractivity (Wildman–Crippen MR) is 92.3 cm³/mol. The highest BCUT2D eigenvalue weighted by molar-refractivity contribution is 5.97. The molecule has 2 amide bonds.